The van der Waals surface area contributed by atoms with Crippen molar-refractivity contribution in [2.24, 2.45) is 0 Å². The first-order chi connectivity index (χ1) is 14.2. The van der Waals surface area contributed by atoms with Crippen LogP contribution in [0.15, 0.2) is 77.4 Å². The van der Waals surface area contributed by atoms with E-state index >= 15 is 0 Å². The van der Waals surface area contributed by atoms with Crippen LogP contribution in [0.1, 0.15) is 11.4 Å². The summed E-state index contributed by atoms with van der Waals surface area (Å²) >= 11 is 3.40. The summed E-state index contributed by atoms with van der Waals surface area (Å²) in [6.07, 6.45) is 2.38. The monoisotopic (exact) mass is 449 g/mol. The van der Waals surface area contributed by atoms with E-state index in [2.05, 4.69) is 48.2 Å². The number of hydrogen-bond acceptors (Lipinski definition) is 3. The molecular weight excluding hydrogens is 430 g/mol. The van der Waals surface area contributed by atoms with Crippen LogP contribution in [-0.4, -0.2) is 27.1 Å². The lowest BCUT2D eigenvalue weighted by molar-refractivity contribution is 0.252. The number of pyridine rings is 1. The maximum absolute atomic E-state index is 12.2. The zero-order valence-corrected chi connectivity index (χ0v) is 17.3. The average molecular weight is 450 g/mol. The number of carbonyl (C=O) groups excluding carboxylic acids is 1. The van der Waals surface area contributed by atoms with Crippen LogP contribution in [0.25, 0.3) is 11.2 Å². The number of urea groups is 1. The molecule has 0 saturated carbocycles. The molecular formula is C22H20BrN5O. The molecule has 0 unspecified atom stereocenters. The molecule has 2 N–H and O–H groups in total. The molecule has 0 saturated heterocycles. The van der Waals surface area contributed by atoms with E-state index in [4.69, 9.17) is 4.98 Å². The number of benzene rings is 2. The molecule has 29 heavy (non-hydrogen) atoms. The maximum atomic E-state index is 12.2. The molecule has 0 aliphatic rings. The van der Waals surface area contributed by atoms with E-state index in [1.54, 1.807) is 6.20 Å². The minimum atomic E-state index is -0.244. The first-order valence-electron chi connectivity index (χ1n) is 9.33. The van der Waals surface area contributed by atoms with Crippen LogP contribution >= 0.6 is 15.9 Å². The molecule has 2 heterocycles. The third-order valence-electron chi connectivity index (χ3n) is 4.48. The fourth-order valence-corrected chi connectivity index (χ4v) is 3.56. The lowest BCUT2D eigenvalue weighted by Crippen LogP contribution is -2.31. The third kappa shape index (κ3) is 4.81. The molecule has 4 aromatic rings. The summed E-state index contributed by atoms with van der Waals surface area (Å²) < 4.78 is 3.02. The van der Waals surface area contributed by atoms with Crippen LogP contribution in [0.2, 0.25) is 0 Å². The maximum Gasteiger partial charge on any atom is 0.319 e. The van der Waals surface area contributed by atoms with Gasteiger partial charge in [0.1, 0.15) is 11.3 Å². The Morgan fingerprint density at radius 3 is 2.72 bits per heavy atom. The molecule has 2 aromatic carbocycles. The number of anilines is 1. The zero-order valence-electron chi connectivity index (χ0n) is 15.7. The van der Waals surface area contributed by atoms with E-state index in [0.717, 1.165) is 27.1 Å². The Morgan fingerprint density at radius 1 is 1.03 bits per heavy atom. The van der Waals surface area contributed by atoms with Crippen LogP contribution in [0.5, 0.6) is 0 Å². The number of aromatic nitrogens is 3. The van der Waals surface area contributed by atoms with Crippen molar-refractivity contribution in [1.29, 1.82) is 0 Å². The molecule has 0 spiro atoms. The lowest BCUT2D eigenvalue weighted by atomic mass is 10.2. The number of fused-ring (bicyclic) bond motifs is 1. The molecule has 6 nitrogen and oxygen atoms in total. The predicted molar refractivity (Wildman–Crippen MR) is 118 cm³/mol. The van der Waals surface area contributed by atoms with E-state index in [1.807, 2.05) is 54.6 Å². The van der Waals surface area contributed by atoms with Crippen molar-refractivity contribution in [3.05, 3.63) is 88.8 Å². The summed E-state index contributed by atoms with van der Waals surface area (Å²) in [7, 11) is 0. The van der Waals surface area contributed by atoms with Crippen molar-refractivity contribution in [3.63, 3.8) is 0 Å². The van der Waals surface area contributed by atoms with Gasteiger partial charge in [0.05, 0.1) is 6.54 Å². The minimum absolute atomic E-state index is 0.244. The molecule has 0 aliphatic heterocycles. The number of nitrogens with zero attached hydrogens (tertiary/aromatic N) is 3. The zero-order chi connectivity index (χ0) is 20.1. The first-order valence-corrected chi connectivity index (χ1v) is 10.1. The van der Waals surface area contributed by atoms with Gasteiger partial charge in [-0.05, 0) is 35.9 Å². The van der Waals surface area contributed by atoms with E-state index < -0.39 is 0 Å². The lowest BCUT2D eigenvalue weighted by Gasteiger charge is -2.10. The molecule has 2 amide bonds. The molecule has 2 aromatic heterocycles. The quantitative estimate of drug-likeness (QED) is 0.451. The van der Waals surface area contributed by atoms with Gasteiger partial charge in [-0.25, -0.2) is 14.8 Å². The Hall–Kier alpha value is -3.19. The fraction of sp³-hybridized carbons (Fsp3) is 0.136. The second kappa shape index (κ2) is 8.87. The third-order valence-corrected chi connectivity index (χ3v) is 4.98. The van der Waals surface area contributed by atoms with Crippen molar-refractivity contribution in [1.82, 2.24) is 19.9 Å². The summed E-state index contributed by atoms with van der Waals surface area (Å²) in [5, 5.41) is 5.73. The molecule has 0 aliphatic carbocycles. The van der Waals surface area contributed by atoms with Crippen LogP contribution in [0, 0.1) is 0 Å². The molecule has 0 bridgehead atoms. The SMILES string of the molecule is O=C(NCCc1nc2cccnc2n1Cc1ccccc1)Nc1cccc(Br)c1. The summed E-state index contributed by atoms with van der Waals surface area (Å²) in [5.74, 6) is 0.894. The average Bonchev–Trinajstić information content (AvgIpc) is 3.06. The normalized spacial score (nSPS) is 10.8. The fourth-order valence-electron chi connectivity index (χ4n) is 3.16. The Kier molecular flexibility index (Phi) is 5.86. The Bertz CT molecular complexity index is 1130. The van der Waals surface area contributed by atoms with Gasteiger partial charge in [-0.1, -0.05) is 52.3 Å². The molecule has 0 radical (unpaired) electrons. The van der Waals surface area contributed by atoms with Gasteiger partial charge in [-0.3, -0.25) is 0 Å². The van der Waals surface area contributed by atoms with Crippen molar-refractivity contribution in [2.45, 2.75) is 13.0 Å². The first kappa shape index (κ1) is 19.1. The molecule has 0 atom stereocenters. The molecule has 0 fully saturated rings. The second-order valence-corrected chi connectivity index (χ2v) is 7.50. The highest BCUT2D eigenvalue weighted by atomic mass is 79.9. The molecule has 146 valence electrons. The van der Waals surface area contributed by atoms with Crippen molar-refractivity contribution in [3.8, 4) is 0 Å². The van der Waals surface area contributed by atoms with Gasteiger partial charge in [0, 0.05) is 29.3 Å². The van der Waals surface area contributed by atoms with Crippen LogP contribution in [0.4, 0.5) is 10.5 Å². The highest BCUT2D eigenvalue weighted by Gasteiger charge is 2.12. The standard InChI is InChI=1S/C22H20BrN5O/c23-17-8-4-9-18(14-17)26-22(29)25-13-11-20-27-19-10-5-12-24-21(19)28(20)15-16-6-2-1-3-7-16/h1-10,12,14H,11,13,15H2,(H2,25,26,29). The van der Waals surface area contributed by atoms with E-state index in [1.165, 1.54) is 5.56 Å². The van der Waals surface area contributed by atoms with Crippen LogP contribution in [0.3, 0.4) is 0 Å². The number of carbonyl (C=O) groups is 1. The van der Waals surface area contributed by atoms with Gasteiger partial charge in [0.2, 0.25) is 0 Å². The van der Waals surface area contributed by atoms with Crippen molar-refractivity contribution >= 4 is 38.8 Å². The van der Waals surface area contributed by atoms with Crippen LogP contribution < -0.4 is 10.6 Å². The Labute approximate surface area is 177 Å². The topological polar surface area (TPSA) is 71.8 Å². The van der Waals surface area contributed by atoms with Gasteiger partial charge in [-0.2, -0.15) is 0 Å². The van der Waals surface area contributed by atoms with Crippen molar-refractivity contribution < 1.29 is 4.79 Å². The van der Waals surface area contributed by atoms with Gasteiger partial charge in [-0.15, -0.1) is 0 Å². The molecule has 4 rings (SSSR count). The number of rotatable bonds is 6. The van der Waals surface area contributed by atoms with Gasteiger partial charge >= 0.3 is 6.03 Å². The highest BCUT2D eigenvalue weighted by molar-refractivity contribution is 9.10. The largest absolute Gasteiger partial charge is 0.337 e. The smallest absolute Gasteiger partial charge is 0.319 e. The van der Waals surface area contributed by atoms with Gasteiger partial charge < -0.3 is 15.2 Å². The van der Waals surface area contributed by atoms with E-state index in [9.17, 15) is 4.79 Å². The van der Waals surface area contributed by atoms with Gasteiger partial charge in [0.15, 0.2) is 5.65 Å². The number of halogens is 1. The van der Waals surface area contributed by atoms with E-state index in [0.29, 0.717) is 19.5 Å². The van der Waals surface area contributed by atoms with Gasteiger partial charge in [0.25, 0.3) is 0 Å². The molecule has 7 heteroatoms. The Morgan fingerprint density at radius 2 is 1.90 bits per heavy atom. The van der Waals surface area contributed by atoms with E-state index in [-0.39, 0.29) is 6.03 Å². The second-order valence-electron chi connectivity index (χ2n) is 6.59. The minimum Gasteiger partial charge on any atom is -0.337 e. The predicted octanol–water partition coefficient (Wildman–Crippen LogP) is 4.61. The highest BCUT2D eigenvalue weighted by Crippen LogP contribution is 2.17. The number of nitrogens with one attached hydrogen (secondary N) is 2. The number of amides is 2. The summed E-state index contributed by atoms with van der Waals surface area (Å²) in [6.45, 7) is 1.16. The number of imidazole rings is 1. The Balaban J connectivity index is 1.45. The van der Waals surface area contributed by atoms with Crippen molar-refractivity contribution in [2.75, 3.05) is 11.9 Å². The summed E-state index contributed by atoms with van der Waals surface area (Å²) in [6, 6.07) is 21.3. The summed E-state index contributed by atoms with van der Waals surface area (Å²) in [4.78, 5) is 21.4. The number of hydrogen-bond donors (Lipinski definition) is 2. The summed E-state index contributed by atoms with van der Waals surface area (Å²) in [5.41, 5.74) is 3.62. The van der Waals surface area contributed by atoms with Crippen LogP contribution in [-0.2, 0) is 13.0 Å².